The van der Waals surface area contributed by atoms with Crippen LogP contribution in [0.3, 0.4) is 0 Å². The van der Waals surface area contributed by atoms with E-state index in [0.717, 1.165) is 0 Å². The van der Waals surface area contributed by atoms with Gasteiger partial charge in [-0.15, -0.1) is 0 Å². The molecule has 0 spiro atoms. The van der Waals surface area contributed by atoms with Crippen molar-refractivity contribution < 1.29 is 14.3 Å². The molecule has 0 heterocycles. The Bertz CT molecular complexity index is 609. The highest BCUT2D eigenvalue weighted by Crippen LogP contribution is 2.09. The van der Waals surface area contributed by atoms with E-state index in [-0.39, 0.29) is 11.4 Å². The zero-order chi connectivity index (χ0) is 13.7. The second-order valence-corrected chi connectivity index (χ2v) is 3.79. The molecule has 2 aromatic rings. The summed E-state index contributed by atoms with van der Waals surface area (Å²) in [6.07, 6.45) is 1.47. The molecule has 0 unspecified atom stereocenters. The number of hydrazone groups is 1. The van der Waals surface area contributed by atoms with Crippen LogP contribution in [0.25, 0.3) is 0 Å². The lowest BCUT2D eigenvalue weighted by Crippen LogP contribution is -2.21. The number of carboxylic acids is 1. The smallest absolute Gasteiger partial charge is 0.123 e. The minimum Gasteiger partial charge on any atom is -0.545 e. The molecule has 0 fully saturated rings. The maximum Gasteiger partial charge on any atom is 0.123 e. The third kappa shape index (κ3) is 3.64. The molecule has 0 atom stereocenters. The molecule has 0 bridgehead atoms. The number of halogens is 1. The first kappa shape index (κ1) is 12.8. The molecule has 96 valence electrons. The molecule has 0 amide bonds. The number of rotatable bonds is 4. The van der Waals surface area contributed by atoms with E-state index in [1.54, 1.807) is 24.3 Å². The van der Waals surface area contributed by atoms with Gasteiger partial charge in [-0.1, -0.05) is 24.3 Å². The molecule has 5 heteroatoms. The third-order valence-corrected chi connectivity index (χ3v) is 2.38. The van der Waals surface area contributed by atoms with Crippen molar-refractivity contribution >= 4 is 17.9 Å². The Hall–Kier alpha value is -2.69. The van der Waals surface area contributed by atoms with Crippen molar-refractivity contribution in [3.05, 3.63) is 65.5 Å². The summed E-state index contributed by atoms with van der Waals surface area (Å²) in [5.74, 6) is -1.56. The highest BCUT2D eigenvalue weighted by molar-refractivity contribution is 5.86. The van der Waals surface area contributed by atoms with E-state index in [9.17, 15) is 14.3 Å². The predicted molar refractivity (Wildman–Crippen MR) is 68.4 cm³/mol. The lowest BCUT2D eigenvalue weighted by atomic mass is 10.2. The third-order valence-electron chi connectivity index (χ3n) is 2.38. The number of aromatic carboxylic acids is 1. The maximum atomic E-state index is 12.9. The lowest BCUT2D eigenvalue weighted by molar-refractivity contribution is -0.255. The molecule has 0 radical (unpaired) electrons. The molecule has 0 saturated carbocycles. The van der Waals surface area contributed by atoms with Gasteiger partial charge in [-0.3, -0.25) is 5.43 Å². The highest BCUT2D eigenvalue weighted by Gasteiger charge is 1.94. The Balaban J connectivity index is 2.00. The summed E-state index contributed by atoms with van der Waals surface area (Å²) in [6, 6.07) is 12.0. The minimum atomic E-state index is -1.23. The summed E-state index contributed by atoms with van der Waals surface area (Å²) in [7, 11) is 0. The molecule has 19 heavy (non-hydrogen) atoms. The topological polar surface area (TPSA) is 64.5 Å². The zero-order valence-corrected chi connectivity index (χ0v) is 9.84. The summed E-state index contributed by atoms with van der Waals surface area (Å²) in [5, 5.41) is 14.5. The Morgan fingerprint density at radius 2 is 1.95 bits per heavy atom. The standard InChI is InChI=1S/C14H11FN2O2/c15-12-3-1-2-10(8-12)9-16-17-13-6-4-11(5-7-13)14(18)19/h1-9,17H,(H,18,19)/p-1/b16-9-. The number of hydrogen-bond acceptors (Lipinski definition) is 4. The van der Waals surface area contributed by atoms with Gasteiger partial charge >= 0.3 is 0 Å². The van der Waals surface area contributed by atoms with Crippen molar-refractivity contribution in [1.82, 2.24) is 0 Å². The fourth-order valence-electron chi connectivity index (χ4n) is 1.45. The Kier molecular flexibility index (Phi) is 3.87. The molecule has 0 aromatic heterocycles. The van der Waals surface area contributed by atoms with Crippen LogP contribution in [0.4, 0.5) is 10.1 Å². The summed E-state index contributed by atoms with van der Waals surface area (Å²) < 4.78 is 12.9. The van der Waals surface area contributed by atoms with Crippen molar-refractivity contribution in [3.63, 3.8) is 0 Å². The van der Waals surface area contributed by atoms with Gasteiger partial charge < -0.3 is 9.90 Å². The second kappa shape index (κ2) is 5.77. The van der Waals surface area contributed by atoms with Gasteiger partial charge in [-0.05, 0) is 35.4 Å². The average molecular weight is 257 g/mol. The van der Waals surface area contributed by atoms with Gasteiger partial charge in [0.05, 0.1) is 17.9 Å². The molecular formula is C14H10FN2O2-. The number of carbonyl (C=O) groups is 1. The fourth-order valence-corrected chi connectivity index (χ4v) is 1.45. The van der Waals surface area contributed by atoms with E-state index >= 15 is 0 Å². The summed E-state index contributed by atoms with van der Waals surface area (Å²) >= 11 is 0. The normalized spacial score (nSPS) is 10.6. The average Bonchev–Trinajstić information content (AvgIpc) is 2.39. The second-order valence-electron chi connectivity index (χ2n) is 3.79. The summed E-state index contributed by atoms with van der Waals surface area (Å²) in [5.41, 5.74) is 4.06. The van der Waals surface area contributed by atoms with E-state index in [2.05, 4.69) is 10.5 Å². The van der Waals surface area contributed by atoms with Gasteiger partial charge in [-0.2, -0.15) is 5.10 Å². The molecule has 0 aliphatic heterocycles. The molecule has 0 aliphatic rings. The van der Waals surface area contributed by atoms with Crippen molar-refractivity contribution in [3.8, 4) is 0 Å². The van der Waals surface area contributed by atoms with Crippen LogP contribution in [0.5, 0.6) is 0 Å². The number of anilines is 1. The number of carboxylic acid groups (broad SMARTS) is 1. The molecular weight excluding hydrogens is 247 g/mol. The first-order valence-electron chi connectivity index (χ1n) is 5.51. The minimum absolute atomic E-state index is 0.0969. The summed E-state index contributed by atoms with van der Waals surface area (Å²) in [4.78, 5) is 10.5. The van der Waals surface area contributed by atoms with Crippen molar-refractivity contribution in [2.45, 2.75) is 0 Å². The van der Waals surface area contributed by atoms with Crippen LogP contribution < -0.4 is 10.5 Å². The van der Waals surface area contributed by atoms with Gasteiger partial charge in [0.1, 0.15) is 5.82 Å². The Labute approximate surface area is 109 Å². The van der Waals surface area contributed by atoms with E-state index in [1.807, 2.05) is 0 Å². The highest BCUT2D eigenvalue weighted by atomic mass is 19.1. The molecule has 2 rings (SSSR count). The largest absolute Gasteiger partial charge is 0.545 e. The number of hydrogen-bond donors (Lipinski definition) is 1. The first-order valence-corrected chi connectivity index (χ1v) is 5.51. The van der Waals surface area contributed by atoms with Crippen LogP contribution in [0.1, 0.15) is 15.9 Å². The van der Waals surface area contributed by atoms with E-state index < -0.39 is 5.97 Å². The van der Waals surface area contributed by atoms with Gasteiger partial charge in [0.25, 0.3) is 0 Å². The van der Waals surface area contributed by atoms with Gasteiger partial charge in [-0.25, -0.2) is 4.39 Å². The molecule has 2 aromatic carbocycles. The molecule has 0 aliphatic carbocycles. The lowest BCUT2D eigenvalue weighted by Gasteiger charge is -2.03. The Morgan fingerprint density at radius 3 is 2.58 bits per heavy atom. The zero-order valence-electron chi connectivity index (χ0n) is 9.84. The van der Waals surface area contributed by atoms with Gasteiger partial charge in [0, 0.05) is 0 Å². The molecule has 0 saturated heterocycles. The van der Waals surface area contributed by atoms with Crippen LogP contribution in [0, 0.1) is 5.82 Å². The van der Waals surface area contributed by atoms with Crippen LogP contribution in [0.2, 0.25) is 0 Å². The number of carbonyl (C=O) groups excluding carboxylic acids is 1. The van der Waals surface area contributed by atoms with Crippen molar-refractivity contribution in [2.24, 2.45) is 5.10 Å². The molecule has 4 nitrogen and oxygen atoms in total. The molecule has 1 N–H and O–H groups in total. The van der Waals surface area contributed by atoms with Crippen LogP contribution in [-0.2, 0) is 0 Å². The predicted octanol–water partition coefficient (Wildman–Crippen LogP) is 1.64. The van der Waals surface area contributed by atoms with Crippen molar-refractivity contribution in [2.75, 3.05) is 5.43 Å². The fraction of sp³-hybridized carbons (Fsp3) is 0. The van der Waals surface area contributed by atoms with Crippen LogP contribution in [0.15, 0.2) is 53.6 Å². The SMILES string of the molecule is O=C([O-])c1ccc(N/N=C\c2cccc(F)c2)cc1. The van der Waals surface area contributed by atoms with E-state index in [1.165, 1.54) is 30.5 Å². The maximum absolute atomic E-state index is 12.9. The number of nitrogens with one attached hydrogen (secondary N) is 1. The van der Waals surface area contributed by atoms with E-state index in [4.69, 9.17) is 0 Å². The monoisotopic (exact) mass is 257 g/mol. The van der Waals surface area contributed by atoms with Gasteiger partial charge in [0.2, 0.25) is 0 Å². The number of benzene rings is 2. The summed E-state index contributed by atoms with van der Waals surface area (Å²) in [6.45, 7) is 0. The Morgan fingerprint density at radius 1 is 1.21 bits per heavy atom. The van der Waals surface area contributed by atoms with Crippen LogP contribution >= 0.6 is 0 Å². The van der Waals surface area contributed by atoms with Crippen molar-refractivity contribution in [1.29, 1.82) is 0 Å². The first-order chi connectivity index (χ1) is 9.15. The van der Waals surface area contributed by atoms with Crippen LogP contribution in [-0.4, -0.2) is 12.2 Å². The quantitative estimate of drug-likeness (QED) is 0.669. The van der Waals surface area contributed by atoms with Gasteiger partial charge in [0.15, 0.2) is 0 Å². The van der Waals surface area contributed by atoms with E-state index in [0.29, 0.717) is 11.3 Å². The number of nitrogens with zero attached hydrogens (tertiary/aromatic N) is 1.